The zero-order valence-electron chi connectivity index (χ0n) is 18.4. The van der Waals surface area contributed by atoms with E-state index in [1.807, 2.05) is 12.2 Å². The van der Waals surface area contributed by atoms with Gasteiger partial charge in [-0.3, -0.25) is 24.0 Å². The normalized spacial score (nSPS) is 12.0. The molecule has 0 aromatic carbocycles. The maximum Gasteiger partial charge on any atom is 0.334 e. The number of carboxylic acid groups (broad SMARTS) is 5. The summed E-state index contributed by atoms with van der Waals surface area (Å²) in [7, 11) is 0. The first kappa shape index (κ1) is 29.1. The van der Waals surface area contributed by atoms with Crippen LogP contribution in [0.15, 0.2) is 12.2 Å². The van der Waals surface area contributed by atoms with Crippen LogP contribution in [0.25, 0.3) is 0 Å². The number of carboxylic acids is 5. The SMILES string of the molecule is CCCCCCCC/C=C\CCCCCC(C(=O)O)(C(=O)O)C(C(=O)O)(C(=O)O)C(=O)O. The van der Waals surface area contributed by atoms with Crippen molar-refractivity contribution in [1.82, 2.24) is 0 Å². The van der Waals surface area contributed by atoms with Crippen LogP contribution in [-0.4, -0.2) is 55.4 Å². The Morgan fingerprint density at radius 1 is 0.562 bits per heavy atom. The van der Waals surface area contributed by atoms with E-state index < -0.39 is 47.1 Å². The van der Waals surface area contributed by atoms with E-state index in [4.69, 9.17) is 0 Å². The third kappa shape index (κ3) is 6.80. The molecule has 0 heterocycles. The molecule has 0 bridgehead atoms. The Hall–Kier alpha value is -2.91. The fourth-order valence-electron chi connectivity index (χ4n) is 3.74. The summed E-state index contributed by atoms with van der Waals surface area (Å²) in [5, 5.41) is 46.9. The molecular weight excluding hydrogens is 424 g/mol. The van der Waals surface area contributed by atoms with Crippen LogP contribution < -0.4 is 0 Å². The van der Waals surface area contributed by atoms with Gasteiger partial charge in [0, 0.05) is 0 Å². The Bertz CT molecular complexity index is 645. The fourth-order valence-corrected chi connectivity index (χ4v) is 3.74. The van der Waals surface area contributed by atoms with Gasteiger partial charge in [0.25, 0.3) is 5.41 Å². The minimum absolute atomic E-state index is 0.167. The Morgan fingerprint density at radius 3 is 1.31 bits per heavy atom. The third-order valence-corrected chi connectivity index (χ3v) is 5.65. The molecule has 0 aliphatic rings. The molecule has 0 aromatic rings. The lowest BCUT2D eigenvalue weighted by Gasteiger charge is -2.35. The van der Waals surface area contributed by atoms with Gasteiger partial charge in [0.2, 0.25) is 5.41 Å². The van der Waals surface area contributed by atoms with Gasteiger partial charge in [-0.2, -0.15) is 0 Å². The monoisotopic (exact) mass is 458 g/mol. The standard InChI is InChI=1S/C22H34O10/c1-2-3-4-5-6-7-8-9-10-11-12-13-14-15-21(16(23)24,17(25)26)22(18(27)28,19(29)30)20(31)32/h9-10H,2-8,11-15H2,1H3,(H,23,24)(H,25,26)(H,27,28)(H,29,30)(H,31,32)/b10-9-. The molecule has 0 rings (SSSR count). The predicted molar refractivity (Wildman–Crippen MR) is 113 cm³/mol. The second-order valence-corrected chi connectivity index (χ2v) is 7.81. The minimum atomic E-state index is -4.07. The van der Waals surface area contributed by atoms with Crippen molar-refractivity contribution in [2.45, 2.75) is 84.0 Å². The summed E-state index contributed by atoms with van der Waals surface area (Å²) in [5.74, 6) is -12.3. The van der Waals surface area contributed by atoms with E-state index in [0.29, 0.717) is 12.8 Å². The van der Waals surface area contributed by atoms with Crippen LogP contribution in [-0.2, 0) is 24.0 Å². The number of unbranched alkanes of at least 4 members (excludes halogenated alkanes) is 9. The van der Waals surface area contributed by atoms with E-state index in [9.17, 15) is 49.5 Å². The maximum atomic E-state index is 11.8. The zero-order chi connectivity index (χ0) is 24.8. The number of rotatable bonds is 19. The lowest BCUT2D eigenvalue weighted by Crippen LogP contribution is -2.65. The van der Waals surface area contributed by atoms with Gasteiger partial charge < -0.3 is 25.5 Å². The fraction of sp³-hybridized carbons (Fsp3) is 0.682. The molecule has 0 aromatic heterocycles. The van der Waals surface area contributed by atoms with Crippen LogP contribution in [0.4, 0.5) is 0 Å². The molecule has 0 spiro atoms. The molecule has 0 atom stereocenters. The van der Waals surface area contributed by atoms with E-state index in [1.165, 1.54) is 25.7 Å². The molecule has 10 nitrogen and oxygen atoms in total. The van der Waals surface area contributed by atoms with E-state index in [-0.39, 0.29) is 12.8 Å². The van der Waals surface area contributed by atoms with Gasteiger partial charge in [-0.25, -0.2) is 0 Å². The van der Waals surface area contributed by atoms with Crippen molar-refractivity contribution in [2.75, 3.05) is 0 Å². The summed E-state index contributed by atoms with van der Waals surface area (Å²) in [6, 6.07) is 0. The lowest BCUT2D eigenvalue weighted by atomic mass is 9.60. The first-order valence-corrected chi connectivity index (χ1v) is 10.8. The van der Waals surface area contributed by atoms with Crippen LogP contribution in [0.2, 0.25) is 0 Å². The van der Waals surface area contributed by atoms with Gasteiger partial charge in [-0.05, 0) is 32.1 Å². The largest absolute Gasteiger partial charge is 0.480 e. The summed E-state index contributed by atoms with van der Waals surface area (Å²) in [6.45, 7) is 2.16. The van der Waals surface area contributed by atoms with Gasteiger partial charge in [-0.15, -0.1) is 0 Å². The second-order valence-electron chi connectivity index (χ2n) is 7.81. The molecule has 0 amide bonds. The molecule has 0 fully saturated rings. The molecule has 5 N–H and O–H groups in total. The molecule has 0 aliphatic carbocycles. The van der Waals surface area contributed by atoms with Crippen LogP contribution in [0.1, 0.15) is 84.0 Å². The molecule has 0 saturated heterocycles. The molecule has 10 heteroatoms. The number of carbonyl (C=O) groups is 5. The molecule has 0 unspecified atom stereocenters. The zero-order valence-corrected chi connectivity index (χ0v) is 18.4. The predicted octanol–water partition coefficient (Wildman–Crippen LogP) is 3.64. The summed E-state index contributed by atoms with van der Waals surface area (Å²) in [4.78, 5) is 58.4. The van der Waals surface area contributed by atoms with Crippen molar-refractivity contribution < 1.29 is 49.5 Å². The number of allylic oxidation sites excluding steroid dienone is 2. The summed E-state index contributed by atoms with van der Waals surface area (Å²) in [6.07, 6.45) is 12.4. The highest BCUT2D eigenvalue weighted by molar-refractivity contribution is 6.24. The maximum absolute atomic E-state index is 11.8. The molecule has 0 saturated carbocycles. The highest BCUT2D eigenvalue weighted by Gasteiger charge is 2.76. The van der Waals surface area contributed by atoms with Crippen molar-refractivity contribution in [2.24, 2.45) is 10.8 Å². The summed E-state index contributed by atoms with van der Waals surface area (Å²) < 4.78 is 0. The van der Waals surface area contributed by atoms with Crippen molar-refractivity contribution in [3.05, 3.63) is 12.2 Å². The van der Waals surface area contributed by atoms with Crippen LogP contribution in [0.5, 0.6) is 0 Å². The van der Waals surface area contributed by atoms with E-state index in [1.54, 1.807) is 0 Å². The highest BCUT2D eigenvalue weighted by atomic mass is 16.4. The van der Waals surface area contributed by atoms with Gasteiger partial charge in [0.05, 0.1) is 0 Å². The quantitative estimate of drug-likeness (QED) is 0.109. The molecule has 0 radical (unpaired) electrons. The second kappa shape index (κ2) is 14.2. The first-order valence-electron chi connectivity index (χ1n) is 10.8. The number of hydrogen-bond donors (Lipinski definition) is 5. The van der Waals surface area contributed by atoms with Crippen LogP contribution >= 0.6 is 0 Å². The van der Waals surface area contributed by atoms with E-state index in [0.717, 1.165) is 19.3 Å². The lowest BCUT2D eigenvalue weighted by molar-refractivity contribution is -0.203. The average Bonchev–Trinajstić information content (AvgIpc) is 2.69. The van der Waals surface area contributed by atoms with Gasteiger partial charge >= 0.3 is 29.8 Å². The Labute approximate surface area is 186 Å². The van der Waals surface area contributed by atoms with E-state index >= 15 is 0 Å². The summed E-state index contributed by atoms with van der Waals surface area (Å²) >= 11 is 0. The Morgan fingerprint density at radius 2 is 0.938 bits per heavy atom. The van der Waals surface area contributed by atoms with Gasteiger partial charge in [0.1, 0.15) is 0 Å². The van der Waals surface area contributed by atoms with E-state index in [2.05, 4.69) is 6.92 Å². The van der Waals surface area contributed by atoms with Gasteiger partial charge in [0.15, 0.2) is 0 Å². The van der Waals surface area contributed by atoms with Crippen LogP contribution in [0.3, 0.4) is 0 Å². The topological polar surface area (TPSA) is 186 Å². The average molecular weight is 459 g/mol. The van der Waals surface area contributed by atoms with Crippen molar-refractivity contribution in [3.8, 4) is 0 Å². The molecule has 182 valence electrons. The van der Waals surface area contributed by atoms with Crippen molar-refractivity contribution in [1.29, 1.82) is 0 Å². The minimum Gasteiger partial charge on any atom is -0.480 e. The Kier molecular flexibility index (Phi) is 12.9. The van der Waals surface area contributed by atoms with Gasteiger partial charge in [-0.1, -0.05) is 64.0 Å². The number of hydrogen-bond acceptors (Lipinski definition) is 5. The van der Waals surface area contributed by atoms with Crippen molar-refractivity contribution in [3.63, 3.8) is 0 Å². The molecule has 0 aliphatic heterocycles. The van der Waals surface area contributed by atoms with Crippen molar-refractivity contribution >= 4 is 29.8 Å². The van der Waals surface area contributed by atoms with Crippen LogP contribution in [0, 0.1) is 10.8 Å². The number of aliphatic carboxylic acids is 5. The molecule has 32 heavy (non-hydrogen) atoms. The summed E-state index contributed by atoms with van der Waals surface area (Å²) in [5.41, 5.74) is -7.63. The highest BCUT2D eigenvalue weighted by Crippen LogP contribution is 2.46. The first-order chi connectivity index (χ1) is 15.0. The smallest absolute Gasteiger partial charge is 0.334 e. The molecular formula is C22H34O10. The Balaban J connectivity index is 4.97. The third-order valence-electron chi connectivity index (χ3n) is 5.65.